The zero-order chi connectivity index (χ0) is 21.2. The van der Waals surface area contributed by atoms with Gasteiger partial charge in [0.2, 0.25) is 0 Å². The topological polar surface area (TPSA) is 9.23 Å². The average molecular weight is 407 g/mol. The summed E-state index contributed by atoms with van der Waals surface area (Å²) in [7, 11) is 6.85. The first-order chi connectivity index (χ1) is 14.5. The quantitative estimate of drug-likeness (QED) is 0.161. The highest BCUT2D eigenvalue weighted by Gasteiger charge is 2.08. The van der Waals surface area contributed by atoms with E-state index in [0.29, 0.717) is 0 Å². The van der Waals surface area contributed by atoms with E-state index in [1.165, 1.54) is 79.5 Å². The largest absolute Gasteiger partial charge is 0.492 e. The van der Waals surface area contributed by atoms with Crippen molar-refractivity contribution in [3.8, 4) is 5.75 Å². The SMILES string of the molecule is C[N+](C)(C)CCCCCCCCCCCOc1c2ccccc2cc2ccccc12. The van der Waals surface area contributed by atoms with Crippen molar-refractivity contribution in [2.45, 2.75) is 57.8 Å². The van der Waals surface area contributed by atoms with Crippen molar-refractivity contribution in [3.05, 3.63) is 54.6 Å². The first-order valence-electron chi connectivity index (χ1n) is 11.9. The Kier molecular flexibility index (Phi) is 8.57. The lowest BCUT2D eigenvalue weighted by Gasteiger charge is -2.23. The molecule has 3 aromatic carbocycles. The van der Waals surface area contributed by atoms with Gasteiger partial charge in [0, 0.05) is 10.8 Å². The molecule has 3 rings (SSSR count). The Hall–Kier alpha value is -2.06. The van der Waals surface area contributed by atoms with Gasteiger partial charge in [-0.2, -0.15) is 0 Å². The molecule has 0 unspecified atom stereocenters. The number of ether oxygens (including phenoxy) is 1. The van der Waals surface area contributed by atoms with Gasteiger partial charge < -0.3 is 9.22 Å². The van der Waals surface area contributed by atoms with Crippen LogP contribution in [0.15, 0.2) is 54.6 Å². The maximum Gasteiger partial charge on any atom is 0.134 e. The molecule has 0 saturated carbocycles. The molecule has 0 N–H and O–H groups in total. The van der Waals surface area contributed by atoms with Crippen LogP contribution in [0.25, 0.3) is 21.5 Å². The number of nitrogens with zero attached hydrogens (tertiary/aromatic N) is 1. The summed E-state index contributed by atoms with van der Waals surface area (Å²) >= 11 is 0. The van der Waals surface area contributed by atoms with Crippen LogP contribution in [0.3, 0.4) is 0 Å². The Bertz CT molecular complexity index is 855. The zero-order valence-corrected chi connectivity index (χ0v) is 19.3. The molecule has 3 aromatic rings. The van der Waals surface area contributed by atoms with E-state index in [1.54, 1.807) is 0 Å². The molecular formula is C28H40NO+. The van der Waals surface area contributed by atoms with Crippen molar-refractivity contribution in [2.75, 3.05) is 34.3 Å². The predicted octanol–water partition coefficient (Wildman–Crippen LogP) is 7.59. The summed E-state index contributed by atoms with van der Waals surface area (Å²) < 4.78 is 7.42. The summed E-state index contributed by atoms with van der Waals surface area (Å²) in [6.07, 6.45) is 12.1. The van der Waals surface area contributed by atoms with Gasteiger partial charge in [0.05, 0.1) is 34.3 Å². The van der Waals surface area contributed by atoms with Crippen molar-refractivity contribution in [1.29, 1.82) is 0 Å². The van der Waals surface area contributed by atoms with Crippen LogP contribution in [0.2, 0.25) is 0 Å². The van der Waals surface area contributed by atoms with Crippen LogP contribution in [0, 0.1) is 0 Å². The van der Waals surface area contributed by atoms with Crippen LogP contribution in [0.5, 0.6) is 5.75 Å². The Morgan fingerprint density at radius 1 is 0.600 bits per heavy atom. The molecule has 0 aliphatic carbocycles. The molecule has 0 fully saturated rings. The van der Waals surface area contributed by atoms with Crippen LogP contribution in [0.4, 0.5) is 0 Å². The third-order valence-electron chi connectivity index (χ3n) is 5.94. The number of fused-ring (bicyclic) bond motifs is 2. The second-order valence-electron chi connectivity index (χ2n) is 9.69. The van der Waals surface area contributed by atoms with Crippen molar-refractivity contribution >= 4 is 21.5 Å². The van der Waals surface area contributed by atoms with E-state index < -0.39 is 0 Å². The summed E-state index contributed by atoms with van der Waals surface area (Å²) in [6.45, 7) is 2.11. The molecule has 2 nitrogen and oxygen atoms in total. The van der Waals surface area contributed by atoms with Crippen molar-refractivity contribution < 1.29 is 9.22 Å². The number of rotatable bonds is 13. The van der Waals surface area contributed by atoms with Gasteiger partial charge in [-0.05, 0) is 36.1 Å². The monoisotopic (exact) mass is 406 g/mol. The molecular weight excluding hydrogens is 366 g/mol. The number of hydrogen-bond donors (Lipinski definition) is 0. The molecule has 0 radical (unpaired) electrons. The number of quaternary nitrogens is 1. The van der Waals surface area contributed by atoms with Crippen LogP contribution in [-0.4, -0.2) is 38.8 Å². The highest BCUT2D eigenvalue weighted by atomic mass is 16.5. The first kappa shape index (κ1) is 22.6. The molecule has 0 atom stereocenters. The molecule has 0 aliphatic rings. The fraction of sp³-hybridized carbons (Fsp3) is 0.500. The third-order valence-corrected chi connectivity index (χ3v) is 5.94. The predicted molar refractivity (Wildman–Crippen MR) is 131 cm³/mol. The average Bonchev–Trinajstić information content (AvgIpc) is 2.73. The fourth-order valence-electron chi connectivity index (χ4n) is 4.23. The fourth-order valence-corrected chi connectivity index (χ4v) is 4.23. The molecule has 0 bridgehead atoms. The van der Waals surface area contributed by atoms with Crippen LogP contribution in [-0.2, 0) is 0 Å². The smallest absolute Gasteiger partial charge is 0.134 e. The minimum Gasteiger partial charge on any atom is -0.492 e. The molecule has 162 valence electrons. The lowest BCUT2D eigenvalue weighted by molar-refractivity contribution is -0.870. The molecule has 0 aliphatic heterocycles. The number of benzene rings is 3. The third kappa shape index (κ3) is 7.02. The van der Waals surface area contributed by atoms with E-state index in [2.05, 4.69) is 75.7 Å². The standard InChI is InChI=1S/C28H40NO/c1-29(2,3)21-15-9-7-5-4-6-8-10-16-22-30-28-26-19-13-11-17-24(26)23-25-18-12-14-20-27(25)28/h11-14,17-20,23H,4-10,15-16,21-22H2,1-3H3/q+1. The molecule has 0 spiro atoms. The van der Waals surface area contributed by atoms with Gasteiger partial charge in [0.25, 0.3) is 0 Å². The summed E-state index contributed by atoms with van der Waals surface area (Å²) in [5.41, 5.74) is 0. The summed E-state index contributed by atoms with van der Waals surface area (Å²) in [4.78, 5) is 0. The Labute approximate surface area is 183 Å². The zero-order valence-electron chi connectivity index (χ0n) is 19.3. The molecule has 30 heavy (non-hydrogen) atoms. The van der Waals surface area contributed by atoms with E-state index in [-0.39, 0.29) is 0 Å². The maximum atomic E-state index is 6.33. The normalized spacial score (nSPS) is 12.0. The summed E-state index contributed by atoms with van der Waals surface area (Å²) in [6, 6.07) is 19.4. The molecule has 0 aromatic heterocycles. The second kappa shape index (κ2) is 11.4. The Balaban J connectivity index is 1.35. The minimum absolute atomic E-state index is 0.809. The van der Waals surface area contributed by atoms with E-state index >= 15 is 0 Å². The summed E-state index contributed by atoms with van der Waals surface area (Å²) in [5, 5.41) is 4.96. The highest BCUT2D eigenvalue weighted by molar-refractivity contribution is 6.05. The Morgan fingerprint density at radius 2 is 1.07 bits per heavy atom. The lowest BCUT2D eigenvalue weighted by atomic mass is 10.0. The van der Waals surface area contributed by atoms with E-state index in [4.69, 9.17) is 4.74 Å². The van der Waals surface area contributed by atoms with E-state index in [9.17, 15) is 0 Å². The van der Waals surface area contributed by atoms with Crippen molar-refractivity contribution in [2.24, 2.45) is 0 Å². The molecule has 2 heteroatoms. The molecule has 0 amide bonds. The minimum atomic E-state index is 0.809. The van der Waals surface area contributed by atoms with Gasteiger partial charge in [-0.25, -0.2) is 0 Å². The van der Waals surface area contributed by atoms with Gasteiger partial charge in [-0.15, -0.1) is 0 Å². The molecule has 0 saturated heterocycles. The van der Waals surface area contributed by atoms with Crippen molar-refractivity contribution in [1.82, 2.24) is 0 Å². The van der Waals surface area contributed by atoms with Crippen LogP contribution >= 0.6 is 0 Å². The van der Waals surface area contributed by atoms with Crippen molar-refractivity contribution in [3.63, 3.8) is 0 Å². The second-order valence-corrected chi connectivity index (χ2v) is 9.69. The lowest BCUT2D eigenvalue weighted by Crippen LogP contribution is -2.35. The van der Waals surface area contributed by atoms with E-state index in [1.807, 2.05) is 0 Å². The van der Waals surface area contributed by atoms with Crippen LogP contribution in [0.1, 0.15) is 57.8 Å². The Morgan fingerprint density at radius 3 is 1.60 bits per heavy atom. The van der Waals surface area contributed by atoms with Gasteiger partial charge in [-0.1, -0.05) is 87.1 Å². The first-order valence-corrected chi connectivity index (χ1v) is 11.9. The van der Waals surface area contributed by atoms with Gasteiger partial charge in [-0.3, -0.25) is 0 Å². The van der Waals surface area contributed by atoms with Crippen LogP contribution < -0.4 is 4.74 Å². The highest BCUT2D eigenvalue weighted by Crippen LogP contribution is 2.34. The summed E-state index contributed by atoms with van der Waals surface area (Å²) in [5.74, 6) is 1.05. The number of hydrogen-bond acceptors (Lipinski definition) is 1. The maximum absolute atomic E-state index is 6.33. The van der Waals surface area contributed by atoms with Gasteiger partial charge in [0.15, 0.2) is 0 Å². The molecule has 0 heterocycles. The van der Waals surface area contributed by atoms with E-state index in [0.717, 1.165) is 23.3 Å². The van der Waals surface area contributed by atoms with Gasteiger partial charge >= 0.3 is 0 Å². The van der Waals surface area contributed by atoms with Gasteiger partial charge in [0.1, 0.15) is 5.75 Å². The number of unbranched alkanes of at least 4 members (excludes halogenated alkanes) is 8.